The molecule has 1 heteroatoms. The first kappa shape index (κ1) is 15.0. The molecule has 0 bridgehead atoms. The average molecular weight is 213 g/mol. The predicted molar refractivity (Wildman–Crippen MR) is 70.2 cm³/mol. The SMILES string of the molecule is CCCCCCC(CNCC)CC(C)C. The molecule has 0 aromatic heterocycles. The van der Waals surface area contributed by atoms with E-state index in [4.69, 9.17) is 0 Å². The lowest BCUT2D eigenvalue weighted by atomic mass is 9.92. The molecule has 1 nitrogen and oxygen atoms in total. The third kappa shape index (κ3) is 10.2. The number of hydrogen-bond donors (Lipinski definition) is 1. The van der Waals surface area contributed by atoms with Gasteiger partial charge in [-0.15, -0.1) is 0 Å². The van der Waals surface area contributed by atoms with Gasteiger partial charge in [-0.1, -0.05) is 53.4 Å². The fraction of sp³-hybridized carbons (Fsp3) is 1.00. The van der Waals surface area contributed by atoms with E-state index in [-0.39, 0.29) is 0 Å². The van der Waals surface area contributed by atoms with Gasteiger partial charge in [0.15, 0.2) is 0 Å². The quantitative estimate of drug-likeness (QED) is 0.536. The van der Waals surface area contributed by atoms with Crippen molar-refractivity contribution in [3.63, 3.8) is 0 Å². The summed E-state index contributed by atoms with van der Waals surface area (Å²) in [6.07, 6.45) is 8.43. The van der Waals surface area contributed by atoms with E-state index in [2.05, 4.69) is 33.0 Å². The van der Waals surface area contributed by atoms with E-state index in [1.807, 2.05) is 0 Å². The predicted octanol–water partition coefficient (Wildman–Crippen LogP) is 4.23. The van der Waals surface area contributed by atoms with Gasteiger partial charge in [0, 0.05) is 0 Å². The molecule has 0 aliphatic heterocycles. The van der Waals surface area contributed by atoms with E-state index in [0.717, 1.165) is 18.4 Å². The van der Waals surface area contributed by atoms with Gasteiger partial charge in [-0.3, -0.25) is 0 Å². The summed E-state index contributed by atoms with van der Waals surface area (Å²) < 4.78 is 0. The molecule has 0 rings (SSSR count). The van der Waals surface area contributed by atoms with Crippen LogP contribution in [0.2, 0.25) is 0 Å². The molecule has 0 saturated carbocycles. The van der Waals surface area contributed by atoms with Crippen LogP contribution in [0.1, 0.15) is 66.2 Å². The summed E-state index contributed by atoms with van der Waals surface area (Å²) in [5.41, 5.74) is 0. The highest BCUT2D eigenvalue weighted by Crippen LogP contribution is 2.18. The third-order valence-corrected chi connectivity index (χ3v) is 2.95. The van der Waals surface area contributed by atoms with Crippen molar-refractivity contribution >= 4 is 0 Å². The maximum absolute atomic E-state index is 3.49. The minimum atomic E-state index is 0.847. The highest BCUT2D eigenvalue weighted by Gasteiger charge is 2.09. The lowest BCUT2D eigenvalue weighted by molar-refractivity contribution is 0.357. The molecule has 0 aliphatic carbocycles. The van der Waals surface area contributed by atoms with E-state index in [9.17, 15) is 0 Å². The first-order valence-electron chi connectivity index (χ1n) is 6.91. The summed E-state index contributed by atoms with van der Waals surface area (Å²) >= 11 is 0. The summed E-state index contributed by atoms with van der Waals surface area (Å²) in [4.78, 5) is 0. The molecule has 0 aromatic rings. The first-order valence-corrected chi connectivity index (χ1v) is 6.91. The molecule has 92 valence electrons. The summed E-state index contributed by atoms with van der Waals surface area (Å²) in [5, 5.41) is 3.49. The second-order valence-corrected chi connectivity index (χ2v) is 5.15. The van der Waals surface area contributed by atoms with Gasteiger partial charge in [0.1, 0.15) is 0 Å². The monoisotopic (exact) mass is 213 g/mol. The van der Waals surface area contributed by atoms with Crippen molar-refractivity contribution in [3.8, 4) is 0 Å². The Hall–Kier alpha value is -0.0400. The minimum Gasteiger partial charge on any atom is -0.317 e. The second-order valence-electron chi connectivity index (χ2n) is 5.15. The lowest BCUT2D eigenvalue weighted by Crippen LogP contribution is -2.23. The van der Waals surface area contributed by atoms with Gasteiger partial charge < -0.3 is 5.32 Å². The van der Waals surface area contributed by atoms with Crippen molar-refractivity contribution in [2.45, 2.75) is 66.2 Å². The molecule has 0 radical (unpaired) electrons. The average Bonchev–Trinajstić information content (AvgIpc) is 2.19. The third-order valence-electron chi connectivity index (χ3n) is 2.95. The van der Waals surface area contributed by atoms with Crippen molar-refractivity contribution in [2.24, 2.45) is 11.8 Å². The molecule has 0 amide bonds. The van der Waals surface area contributed by atoms with E-state index in [1.165, 1.54) is 45.1 Å². The van der Waals surface area contributed by atoms with Crippen molar-refractivity contribution < 1.29 is 0 Å². The van der Waals surface area contributed by atoms with Crippen LogP contribution < -0.4 is 5.32 Å². The standard InChI is InChI=1S/C14H31N/c1-5-7-8-9-10-14(11-13(3)4)12-15-6-2/h13-15H,5-12H2,1-4H3. The molecule has 0 fully saturated rings. The maximum atomic E-state index is 3.49. The molecule has 0 saturated heterocycles. The Morgan fingerprint density at radius 2 is 1.73 bits per heavy atom. The Labute approximate surface area is 97.0 Å². The van der Waals surface area contributed by atoms with Crippen LogP contribution in [0.15, 0.2) is 0 Å². The van der Waals surface area contributed by atoms with Crippen LogP contribution in [0.4, 0.5) is 0 Å². The van der Waals surface area contributed by atoms with Crippen LogP contribution >= 0.6 is 0 Å². The van der Waals surface area contributed by atoms with Crippen LogP contribution in [0.5, 0.6) is 0 Å². The number of hydrogen-bond acceptors (Lipinski definition) is 1. The van der Waals surface area contributed by atoms with Gasteiger partial charge in [-0.2, -0.15) is 0 Å². The normalized spacial score (nSPS) is 13.4. The highest BCUT2D eigenvalue weighted by atomic mass is 14.8. The topological polar surface area (TPSA) is 12.0 Å². The van der Waals surface area contributed by atoms with Crippen molar-refractivity contribution in [3.05, 3.63) is 0 Å². The van der Waals surface area contributed by atoms with Crippen LogP contribution in [0.25, 0.3) is 0 Å². The fourth-order valence-corrected chi connectivity index (χ4v) is 2.18. The van der Waals surface area contributed by atoms with E-state index in [1.54, 1.807) is 0 Å². The van der Waals surface area contributed by atoms with Crippen LogP contribution in [-0.4, -0.2) is 13.1 Å². The zero-order valence-corrected chi connectivity index (χ0v) is 11.3. The summed E-state index contributed by atoms with van der Waals surface area (Å²) in [6.45, 7) is 11.5. The maximum Gasteiger partial charge on any atom is -0.00205 e. The van der Waals surface area contributed by atoms with E-state index >= 15 is 0 Å². The largest absolute Gasteiger partial charge is 0.317 e. The Bertz CT molecular complexity index is 121. The molecule has 0 heterocycles. The fourth-order valence-electron chi connectivity index (χ4n) is 2.18. The lowest BCUT2D eigenvalue weighted by Gasteiger charge is -2.19. The molecule has 15 heavy (non-hydrogen) atoms. The minimum absolute atomic E-state index is 0.847. The molecule has 0 aromatic carbocycles. The van der Waals surface area contributed by atoms with Gasteiger partial charge in [-0.25, -0.2) is 0 Å². The summed E-state index contributed by atoms with van der Waals surface area (Å²) in [6, 6.07) is 0. The second kappa shape index (κ2) is 10.5. The highest BCUT2D eigenvalue weighted by molar-refractivity contribution is 4.64. The Morgan fingerprint density at radius 1 is 1.00 bits per heavy atom. The van der Waals surface area contributed by atoms with Crippen molar-refractivity contribution in [2.75, 3.05) is 13.1 Å². The van der Waals surface area contributed by atoms with Crippen LogP contribution in [0.3, 0.4) is 0 Å². The van der Waals surface area contributed by atoms with E-state index < -0.39 is 0 Å². The molecule has 1 atom stereocenters. The molecule has 1 N–H and O–H groups in total. The number of unbranched alkanes of at least 4 members (excludes halogenated alkanes) is 3. The number of rotatable bonds is 10. The zero-order chi connectivity index (χ0) is 11.5. The summed E-state index contributed by atoms with van der Waals surface area (Å²) in [7, 11) is 0. The van der Waals surface area contributed by atoms with E-state index in [0.29, 0.717) is 0 Å². The van der Waals surface area contributed by atoms with Crippen LogP contribution in [-0.2, 0) is 0 Å². The van der Waals surface area contributed by atoms with Gasteiger partial charge in [0.05, 0.1) is 0 Å². The van der Waals surface area contributed by atoms with Crippen molar-refractivity contribution in [1.82, 2.24) is 5.32 Å². The molecular formula is C14H31N. The van der Waals surface area contributed by atoms with Gasteiger partial charge >= 0.3 is 0 Å². The summed E-state index contributed by atoms with van der Waals surface area (Å²) in [5.74, 6) is 1.75. The number of nitrogens with one attached hydrogen (secondary N) is 1. The van der Waals surface area contributed by atoms with Gasteiger partial charge in [0.25, 0.3) is 0 Å². The van der Waals surface area contributed by atoms with Crippen molar-refractivity contribution in [1.29, 1.82) is 0 Å². The first-order chi connectivity index (χ1) is 7.20. The van der Waals surface area contributed by atoms with Gasteiger partial charge in [-0.05, 0) is 37.8 Å². The molecular weight excluding hydrogens is 182 g/mol. The van der Waals surface area contributed by atoms with Crippen LogP contribution in [0, 0.1) is 11.8 Å². The molecule has 0 aliphatic rings. The Kier molecular flexibility index (Phi) is 10.4. The van der Waals surface area contributed by atoms with Gasteiger partial charge in [0.2, 0.25) is 0 Å². The molecule has 0 spiro atoms. The Morgan fingerprint density at radius 3 is 2.27 bits per heavy atom. The molecule has 1 unspecified atom stereocenters. The Balaban J connectivity index is 3.59. The zero-order valence-electron chi connectivity index (χ0n) is 11.3. The smallest absolute Gasteiger partial charge is 0.00205 e.